The van der Waals surface area contributed by atoms with E-state index in [4.69, 9.17) is 4.74 Å². The lowest BCUT2D eigenvalue weighted by atomic mass is 9.87. The second kappa shape index (κ2) is 6.18. The van der Waals surface area contributed by atoms with Gasteiger partial charge in [0, 0.05) is 6.04 Å². The molecule has 1 N–H and O–H groups in total. The maximum atomic E-state index is 12.4. The minimum atomic E-state index is -0.449. The number of nitrogens with one attached hydrogen (secondary N) is 1. The molecule has 0 saturated heterocycles. The van der Waals surface area contributed by atoms with Crippen molar-refractivity contribution in [1.82, 2.24) is 5.32 Å². The van der Waals surface area contributed by atoms with Gasteiger partial charge in [0.05, 0.1) is 0 Å². The fourth-order valence-electron chi connectivity index (χ4n) is 4.01. The van der Waals surface area contributed by atoms with Crippen molar-refractivity contribution in [2.75, 3.05) is 0 Å². The molecule has 3 nitrogen and oxygen atoms in total. The van der Waals surface area contributed by atoms with E-state index >= 15 is 0 Å². The van der Waals surface area contributed by atoms with Crippen LogP contribution >= 0.6 is 0 Å². The lowest BCUT2D eigenvalue weighted by Gasteiger charge is -2.25. The molecule has 2 fully saturated rings. The number of ether oxygens (including phenoxy) is 1. The molecule has 1 aromatic rings. The molecular weight excluding hydrogens is 286 g/mol. The van der Waals surface area contributed by atoms with Crippen LogP contribution in [-0.2, 0) is 10.2 Å². The topological polar surface area (TPSA) is 38.3 Å². The molecule has 3 heteroatoms. The molecule has 2 saturated carbocycles. The maximum Gasteiger partial charge on any atom is 0.261 e. The molecule has 0 aromatic heterocycles. The highest BCUT2D eigenvalue weighted by Gasteiger charge is 2.40. The summed E-state index contributed by atoms with van der Waals surface area (Å²) >= 11 is 0. The molecule has 4 atom stereocenters. The Hall–Kier alpha value is -1.51. The average molecular weight is 315 g/mol. The molecule has 0 spiro atoms. The van der Waals surface area contributed by atoms with Crippen LogP contribution in [0.4, 0.5) is 0 Å². The zero-order valence-corrected chi connectivity index (χ0v) is 14.8. The number of fused-ring (bicyclic) bond motifs is 2. The highest BCUT2D eigenvalue weighted by Crippen LogP contribution is 2.44. The van der Waals surface area contributed by atoms with Gasteiger partial charge in [0.2, 0.25) is 0 Å². The Morgan fingerprint density at radius 1 is 1.17 bits per heavy atom. The van der Waals surface area contributed by atoms with E-state index in [1.807, 2.05) is 19.1 Å². The van der Waals surface area contributed by atoms with Crippen LogP contribution in [0, 0.1) is 11.8 Å². The van der Waals surface area contributed by atoms with Crippen molar-refractivity contribution < 1.29 is 9.53 Å². The van der Waals surface area contributed by atoms with Crippen LogP contribution in [0.2, 0.25) is 0 Å². The minimum Gasteiger partial charge on any atom is -0.481 e. The Labute approximate surface area is 139 Å². The summed E-state index contributed by atoms with van der Waals surface area (Å²) in [5.41, 5.74) is 1.40. The number of rotatable bonds is 4. The van der Waals surface area contributed by atoms with Crippen LogP contribution in [0.25, 0.3) is 0 Å². The van der Waals surface area contributed by atoms with Crippen LogP contribution in [0.15, 0.2) is 24.3 Å². The number of benzene rings is 1. The van der Waals surface area contributed by atoms with Crippen LogP contribution in [0.3, 0.4) is 0 Å². The molecular formula is C20H29NO2. The zero-order valence-electron chi connectivity index (χ0n) is 14.8. The van der Waals surface area contributed by atoms with Crippen LogP contribution < -0.4 is 10.1 Å². The lowest BCUT2D eigenvalue weighted by molar-refractivity contribution is -0.128. The molecule has 0 radical (unpaired) electrons. The van der Waals surface area contributed by atoms with Crippen molar-refractivity contribution in [2.45, 2.75) is 70.9 Å². The van der Waals surface area contributed by atoms with E-state index in [1.54, 1.807) is 0 Å². The number of hydrogen-bond acceptors (Lipinski definition) is 2. The van der Waals surface area contributed by atoms with Gasteiger partial charge in [0.15, 0.2) is 6.10 Å². The zero-order chi connectivity index (χ0) is 16.6. The molecule has 1 aromatic carbocycles. The van der Waals surface area contributed by atoms with Gasteiger partial charge < -0.3 is 10.1 Å². The van der Waals surface area contributed by atoms with Crippen molar-refractivity contribution in [3.8, 4) is 5.75 Å². The third kappa shape index (κ3) is 3.70. The second-order valence-electron chi connectivity index (χ2n) is 8.32. The number of hydrogen-bond donors (Lipinski definition) is 1. The van der Waals surface area contributed by atoms with Gasteiger partial charge in [-0.1, -0.05) is 39.3 Å². The molecule has 23 heavy (non-hydrogen) atoms. The van der Waals surface area contributed by atoms with Crippen molar-refractivity contribution in [3.63, 3.8) is 0 Å². The van der Waals surface area contributed by atoms with E-state index in [2.05, 4.69) is 38.2 Å². The summed E-state index contributed by atoms with van der Waals surface area (Å²) in [7, 11) is 0. The molecule has 4 unspecified atom stereocenters. The van der Waals surface area contributed by atoms with Crippen molar-refractivity contribution >= 4 is 5.91 Å². The Kier molecular flexibility index (Phi) is 4.39. The molecule has 2 aliphatic rings. The van der Waals surface area contributed by atoms with Gasteiger partial charge in [-0.3, -0.25) is 4.79 Å². The summed E-state index contributed by atoms with van der Waals surface area (Å²) in [5, 5.41) is 3.20. The first kappa shape index (κ1) is 16.4. The maximum absolute atomic E-state index is 12.4. The average Bonchev–Trinajstić information content (AvgIpc) is 3.09. The summed E-state index contributed by atoms with van der Waals surface area (Å²) < 4.78 is 5.82. The summed E-state index contributed by atoms with van der Waals surface area (Å²) in [5.74, 6) is 2.31. The van der Waals surface area contributed by atoms with Gasteiger partial charge in [-0.2, -0.15) is 0 Å². The molecule has 0 heterocycles. The van der Waals surface area contributed by atoms with Gasteiger partial charge in [0.25, 0.3) is 5.91 Å². The van der Waals surface area contributed by atoms with Crippen LogP contribution in [-0.4, -0.2) is 18.1 Å². The standard InChI is InChI=1S/C20H29NO2/c1-13(19(22)21-18-12-14-5-6-15(18)11-14)23-17-9-7-16(8-10-17)20(2,3)4/h7-10,13-15,18H,5-6,11-12H2,1-4H3,(H,21,22). The Morgan fingerprint density at radius 3 is 2.39 bits per heavy atom. The van der Waals surface area contributed by atoms with Crippen molar-refractivity contribution in [2.24, 2.45) is 11.8 Å². The Bertz CT molecular complexity index is 558. The van der Waals surface area contributed by atoms with E-state index in [0.717, 1.165) is 18.1 Å². The van der Waals surface area contributed by atoms with Crippen LogP contribution in [0.1, 0.15) is 58.9 Å². The first-order valence-corrected chi connectivity index (χ1v) is 8.90. The predicted molar refractivity (Wildman–Crippen MR) is 92.6 cm³/mol. The third-order valence-corrected chi connectivity index (χ3v) is 5.47. The van der Waals surface area contributed by atoms with Gasteiger partial charge in [-0.25, -0.2) is 0 Å². The van der Waals surface area contributed by atoms with E-state index in [0.29, 0.717) is 12.0 Å². The first-order valence-electron chi connectivity index (χ1n) is 8.90. The largest absolute Gasteiger partial charge is 0.481 e. The van der Waals surface area contributed by atoms with E-state index in [1.165, 1.54) is 24.8 Å². The van der Waals surface area contributed by atoms with E-state index in [9.17, 15) is 4.79 Å². The summed E-state index contributed by atoms with van der Waals surface area (Å²) in [6.45, 7) is 8.40. The van der Waals surface area contributed by atoms with Gasteiger partial charge in [-0.15, -0.1) is 0 Å². The molecule has 3 rings (SSSR count). The Balaban J connectivity index is 1.54. The molecule has 1 amide bonds. The molecule has 126 valence electrons. The van der Waals surface area contributed by atoms with E-state index < -0.39 is 6.10 Å². The fourth-order valence-corrected chi connectivity index (χ4v) is 4.01. The summed E-state index contributed by atoms with van der Waals surface area (Å²) in [4.78, 5) is 12.4. The Morgan fingerprint density at radius 2 is 1.87 bits per heavy atom. The lowest BCUT2D eigenvalue weighted by Crippen LogP contribution is -2.44. The van der Waals surface area contributed by atoms with Crippen LogP contribution in [0.5, 0.6) is 5.75 Å². The monoisotopic (exact) mass is 315 g/mol. The normalized spacial score (nSPS) is 27.7. The minimum absolute atomic E-state index is 0.0162. The number of amides is 1. The van der Waals surface area contributed by atoms with Gasteiger partial charge in [-0.05, 0) is 61.1 Å². The highest BCUT2D eigenvalue weighted by molar-refractivity contribution is 5.81. The third-order valence-electron chi connectivity index (χ3n) is 5.47. The number of carbonyl (C=O) groups is 1. The molecule has 0 aliphatic heterocycles. The summed E-state index contributed by atoms with van der Waals surface area (Å²) in [6, 6.07) is 8.45. The van der Waals surface area contributed by atoms with Gasteiger partial charge >= 0.3 is 0 Å². The van der Waals surface area contributed by atoms with E-state index in [-0.39, 0.29) is 11.3 Å². The second-order valence-corrected chi connectivity index (χ2v) is 8.32. The molecule has 2 aliphatic carbocycles. The van der Waals surface area contributed by atoms with Crippen molar-refractivity contribution in [1.29, 1.82) is 0 Å². The first-order chi connectivity index (χ1) is 10.8. The SMILES string of the molecule is CC(Oc1ccc(C(C)(C)C)cc1)C(=O)NC1CC2CCC1C2. The summed E-state index contributed by atoms with van der Waals surface area (Å²) in [6.07, 6.45) is 4.63. The predicted octanol–water partition coefficient (Wildman–Crippen LogP) is 4.06. The quantitative estimate of drug-likeness (QED) is 0.910. The highest BCUT2D eigenvalue weighted by atomic mass is 16.5. The fraction of sp³-hybridized carbons (Fsp3) is 0.650. The van der Waals surface area contributed by atoms with Gasteiger partial charge in [0.1, 0.15) is 5.75 Å². The van der Waals surface area contributed by atoms with Crippen molar-refractivity contribution in [3.05, 3.63) is 29.8 Å². The number of carbonyl (C=O) groups excluding carboxylic acids is 1. The molecule has 2 bridgehead atoms. The smallest absolute Gasteiger partial charge is 0.261 e.